The molecular formula is C8H16NO2Rb. The van der Waals surface area contributed by atoms with Crippen molar-refractivity contribution in [1.82, 2.24) is 4.90 Å². The van der Waals surface area contributed by atoms with Crippen molar-refractivity contribution in [3.05, 3.63) is 0 Å². The van der Waals surface area contributed by atoms with E-state index in [0.29, 0.717) is 19.0 Å². The molecule has 0 radical (unpaired) electrons. The summed E-state index contributed by atoms with van der Waals surface area (Å²) in [5, 5.41) is 10.4. The fourth-order valence-electron chi connectivity index (χ4n) is 0.968. The first-order chi connectivity index (χ1) is 5.07. The zero-order valence-electron chi connectivity index (χ0n) is 8.46. The molecule has 0 aliphatic rings. The SMILES string of the molecule is CCCN(CC(C)C)C(=O)[O-].[Rb+]. The summed E-state index contributed by atoms with van der Waals surface area (Å²) in [4.78, 5) is 11.8. The molecule has 0 aliphatic heterocycles. The van der Waals surface area contributed by atoms with Crippen LogP contribution < -0.4 is 63.3 Å². The summed E-state index contributed by atoms with van der Waals surface area (Å²) in [5.41, 5.74) is 0. The molecule has 0 heterocycles. The number of nitrogens with zero attached hydrogens (tertiary/aromatic N) is 1. The van der Waals surface area contributed by atoms with Gasteiger partial charge in [0.05, 0.1) is 0 Å². The maximum absolute atomic E-state index is 10.4. The summed E-state index contributed by atoms with van der Waals surface area (Å²) in [6.07, 6.45) is -0.207. The van der Waals surface area contributed by atoms with Crippen molar-refractivity contribution in [2.45, 2.75) is 27.2 Å². The quantitative estimate of drug-likeness (QED) is 0.558. The van der Waals surface area contributed by atoms with E-state index in [1.807, 2.05) is 20.8 Å². The number of rotatable bonds is 4. The van der Waals surface area contributed by atoms with Crippen molar-refractivity contribution in [2.24, 2.45) is 5.92 Å². The molecule has 0 aromatic heterocycles. The molecule has 66 valence electrons. The predicted octanol–water partition coefficient (Wildman–Crippen LogP) is -2.30. The Bertz CT molecular complexity index is 128. The minimum Gasteiger partial charge on any atom is -0.530 e. The Morgan fingerprint density at radius 1 is 1.50 bits per heavy atom. The van der Waals surface area contributed by atoms with Crippen LogP contribution in [0, 0.1) is 5.92 Å². The normalized spacial score (nSPS) is 9.33. The molecule has 0 fully saturated rings. The van der Waals surface area contributed by atoms with Crippen molar-refractivity contribution in [3.8, 4) is 0 Å². The van der Waals surface area contributed by atoms with Gasteiger partial charge in [-0.05, 0) is 12.3 Å². The molecule has 0 rings (SSSR count). The second kappa shape index (κ2) is 8.66. The van der Waals surface area contributed by atoms with E-state index in [4.69, 9.17) is 0 Å². The van der Waals surface area contributed by atoms with E-state index in [1.165, 1.54) is 4.90 Å². The summed E-state index contributed by atoms with van der Waals surface area (Å²) in [6, 6.07) is 0. The molecule has 1 amide bonds. The Morgan fingerprint density at radius 2 is 2.00 bits per heavy atom. The van der Waals surface area contributed by atoms with Crippen molar-refractivity contribution < 1.29 is 68.1 Å². The van der Waals surface area contributed by atoms with Crippen LogP contribution in [0.3, 0.4) is 0 Å². The molecule has 0 saturated carbocycles. The van der Waals surface area contributed by atoms with Gasteiger partial charge in [-0.1, -0.05) is 20.8 Å². The second-order valence-corrected chi connectivity index (χ2v) is 3.11. The number of carboxylic acid groups (broad SMARTS) is 1. The molecule has 0 N–H and O–H groups in total. The maximum Gasteiger partial charge on any atom is 1.00 e. The van der Waals surface area contributed by atoms with Crippen LogP contribution in [0.15, 0.2) is 0 Å². The van der Waals surface area contributed by atoms with Gasteiger partial charge in [0.1, 0.15) is 6.09 Å². The molecule has 0 saturated heterocycles. The fourth-order valence-corrected chi connectivity index (χ4v) is 0.968. The first-order valence-electron chi connectivity index (χ1n) is 4.03. The molecule has 0 spiro atoms. The fraction of sp³-hybridized carbons (Fsp3) is 0.875. The minimum absolute atomic E-state index is 0. The number of hydrogen-bond donors (Lipinski definition) is 0. The van der Waals surface area contributed by atoms with E-state index >= 15 is 0 Å². The summed E-state index contributed by atoms with van der Waals surface area (Å²) in [6.45, 7) is 7.10. The van der Waals surface area contributed by atoms with Gasteiger partial charge < -0.3 is 14.8 Å². The number of hydrogen-bond acceptors (Lipinski definition) is 2. The van der Waals surface area contributed by atoms with Crippen molar-refractivity contribution >= 4 is 6.09 Å². The third-order valence-electron chi connectivity index (χ3n) is 1.34. The van der Waals surface area contributed by atoms with Crippen molar-refractivity contribution in [2.75, 3.05) is 13.1 Å². The first-order valence-corrected chi connectivity index (χ1v) is 4.03. The van der Waals surface area contributed by atoms with Gasteiger partial charge in [-0.2, -0.15) is 0 Å². The van der Waals surface area contributed by atoms with Crippen LogP contribution >= 0.6 is 0 Å². The number of carbonyl (C=O) groups is 1. The third-order valence-corrected chi connectivity index (χ3v) is 1.34. The molecule has 0 aromatic carbocycles. The molecule has 12 heavy (non-hydrogen) atoms. The average Bonchev–Trinajstić information content (AvgIpc) is 1.86. The number of amides is 1. The molecule has 3 nitrogen and oxygen atoms in total. The van der Waals surface area contributed by atoms with Crippen LogP contribution in [-0.2, 0) is 0 Å². The van der Waals surface area contributed by atoms with E-state index in [1.54, 1.807) is 0 Å². The van der Waals surface area contributed by atoms with Crippen LogP contribution in [0.1, 0.15) is 27.2 Å². The smallest absolute Gasteiger partial charge is 0.530 e. The topological polar surface area (TPSA) is 43.4 Å². The minimum atomic E-state index is -1.06. The molecule has 0 aliphatic carbocycles. The predicted molar refractivity (Wildman–Crippen MR) is 42.1 cm³/mol. The Labute approximate surface area is 123 Å². The molecule has 0 unspecified atom stereocenters. The van der Waals surface area contributed by atoms with Gasteiger partial charge in [0, 0.05) is 13.1 Å². The van der Waals surface area contributed by atoms with Gasteiger partial charge in [-0.15, -0.1) is 0 Å². The summed E-state index contributed by atoms with van der Waals surface area (Å²) < 4.78 is 0. The van der Waals surface area contributed by atoms with Gasteiger partial charge in [0.2, 0.25) is 0 Å². The monoisotopic (exact) mass is 243 g/mol. The summed E-state index contributed by atoms with van der Waals surface area (Å²) in [5.74, 6) is 0.374. The Morgan fingerprint density at radius 3 is 2.25 bits per heavy atom. The van der Waals surface area contributed by atoms with E-state index in [0.717, 1.165) is 6.42 Å². The first kappa shape index (κ1) is 15.5. The van der Waals surface area contributed by atoms with E-state index in [-0.39, 0.29) is 58.2 Å². The molecule has 0 bridgehead atoms. The van der Waals surface area contributed by atoms with Gasteiger partial charge in [-0.3, -0.25) is 0 Å². The number of carbonyl (C=O) groups excluding carboxylic acids is 1. The van der Waals surface area contributed by atoms with E-state index in [2.05, 4.69) is 0 Å². The molecule has 4 heteroatoms. The standard InChI is InChI=1S/C8H17NO2.Rb/c1-4-5-9(8(10)11)6-7(2)3;/h7H,4-6H2,1-3H3,(H,10,11);/q;+1/p-1. The van der Waals surface area contributed by atoms with Crippen LogP contribution in [0.25, 0.3) is 0 Å². The molecule has 0 atom stereocenters. The van der Waals surface area contributed by atoms with E-state index in [9.17, 15) is 9.90 Å². The van der Waals surface area contributed by atoms with Gasteiger partial charge in [0.25, 0.3) is 0 Å². The largest absolute Gasteiger partial charge is 1.00 e. The van der Waals surface area contributed by atoms with Crippen LogP contribution in [0.5, 0.6) is 0 Å². The van der Waals surface area contributed by atoms with Crippen LogP contribution in [0.4, 0.5) is 4.79 Å². The van der Waals surface area contributed by atoms with Crippen molar-refractivity contribution in [3.63, 3.8) is 0 Å². The zero-order valence-corrected chi connectivity index (χ0v) is 13.4. The van der Waals surface area contributed by atoms with Crippen LogP contribution in [0.2, 0.25) is 0 Å². The Kier molecular flexibility index (Phi) is 11.2. The van der Waals surface area contributed by atoms with Crippen LogP contribution in [-0.4, -0.2) is 24.1 Å². The summed E-state index contributed by atoms with van der Waals surface area (Å²) >= 11 is 0. The maximum atomic E-state index is 10.4. The average molecular weight is 244 g/mol. The second-order valence-electron chi connectivity index (χ2n) is 3.11. The summed E-state index contributed by atoms with van der Waals surface area (Å²) in [7, 11) is 0. The third kappa shape index (κ3) is 7.71. The van der Waals surface area contributed by atoms with Gasteiger partial charge >= 0.3 is 58.2 Å². The van der Waals surface area contributed by atoms with E-state index < -0.39 is 6.09 Å². The van der Waals surface area contributed by atoms with Gasteiger partial charge in [-0.25, -0.2) is 0 Å². The molecular weight excluding hydrogens is 228 g/mol. The zero-order chi connectivity index (χ0) is 8.85. The Balaban J connectivity index is 0. The van der Waals surface area contributed by atoms with Gasteiger partial charge in [0.15, 0.2) is 0 Å². The van der Waals surface area contributed by atoms with Crippen molar-refractivity contribution in [1.29, 1.82) is 0 Å². The Hall–Kier alpha value is 1.08. The molecule has 0 aromatic rings.